The maximum Gasteiger partial charge on any atom is 0.325 e. The van der Waals surface area contributed by atoms with Crippen molar-refractivity contribution in [2.24, 2.45) is 0 Å². The number of carbonyl (C=O) groups is 3. The van der Waals surface area contributed by atoms with E-state index in [1.807, 2.05) is 30.3 Å². The summed E-state index contributed by atoms with van der Waals surface area (Å²) in [4.78, 5) is 41.3. The Balaban J connectivity index is 1.75. The Morgan fingerprint density at radius 1 is 1.06 bits per heavy atom. The number of amides is 4. The third kappa shape index (κ3) is 4.86. The lowest BCUT2D eigenvalue weighted by Gasteiger charge is -2.25. The van der Waals surface area contributed by atoms with Gasteiger partial charge in [-0.25, -0.2) is 4.79 Å². The second kappa shape index (κ2) is 9.61. The highest BCUT2D eigenvalue weighted by Crippen LogP contribution is 2.30. The van der Waals surface area contributed by atoms with Gasteiger partial charge in [0.1, 0.15) is 17.8 Å². The zero-order valence-electron chi connectivity index (χ0n) is 18.0. The molecule has 0 saturated carbocycles. The molecule has 1 heterocycles. The van der Waals surface area contributed by atoms with Crippen LogP contribution >= 0.6 is 0 Å². The quantitative estimate of drug-likeness (QED) is 0.622. The van der Waals surface area contributed by atoms with E-state index in [4.69, 9.17) is 9.47 Å². The number of carbonyl (C=O) groups excluding carboxylic acids is 3. The van der Waals surface area contributed by atoms with Gasteiger partial charge in [-0.05, 0) is 30.2 Å². The average Bonchev–Trinajstić information content (AvgIpc) is 3.01. The van der Waals surface area contributed by atoms with Gasteiger partial charge in [-0.15, -0.1) is 0 Å². The van der Waals surface area contributed by atoms with Gasteiger partial charge in [-0.3, -0.25) is 14.5 Å². The normalized spacial score (nSPS) is 18.1. The molecule has 1 aliphatic rings. The molecule has 0 unspecified atom stereocenters. The summed E-state index contributed by atoms with van der Waals surface area (Å²) in [5.41, 5.74) is 0.315. The number of nitrogens with one attached hydrogen (secondary N) is 1. The topological polar surface area (TPSA) is 88.2 Å². The number of ether oxygens (including phenoxy) is 2. The minimum Gasteiger partial charge on any atom is -0.497 e. The molecule has 1 N–H and O–H groups in total. The number of hydrogen-bond acceptors (Lipinski definition) is 5. The first-order chi connectivity index (χ1) is 14.9. The maximum absolute atomic E-state index is 13.1. The van der Waals surface area contributed by atoms with Crippen LogP contribution < -0.4 is 10.1 Å². The van der Waals surface area contributed by atoms with Crippen molar-refractivity contribution < 1.29 is 23.9 Å². The fourth-order valence-corrected chi connectivity index (χ4v) is 3.49. The summed E-state index contributed by atoms with van der Waals surface area (Å²) in [6.45, 7) is 2.35. The van der Waals surface area contributed by atoms with E-state index in [2.05, 4.69) is 5.32 Å². The van der Waals surface area contributed by atoms with Crippen LogP contribution in [-0.2, 0) is 26.4 Å². The van der Waals surface area contributed by atoms with Crippen molar-refractivity contribution in [2.75, 3.05) is 33.9 Å². The number of hydrogen-bond donors (Lipinski definition) is 1. The fourth-order valence-electron chi connectivity index (χ4n) is 3.49. The molecule has 1 atom stereocenters. The van der Waals surface area contributed by atoms with Crippen molar-refractivity contribution in [3.63, 3.8) is 0 Å². The van der Waals surface area contributed by atoms with Crippen LogP contribution in [0.4, 0.5) is 4.79 Å². The number of methoxy groups -OCH3 is 2. The number of imide groups is 1. The van der Waals surface area contributed by atoms with Crippen molar-refractivity contribution in [1.82, 2.24) is 15.1 Å². The summed E-state index contributed by atoms with van der Waals surface area (Å²) >= 11 is 0. The Kier molecular flexibility index (Phi) is 6.91. The molecule has 1 aliphatic heterocycles. The highest BCUT2D eigenvalue weighted by atomic mass is 16.5. The van der Waals surface area contributed by atoms with Crippen LogP contribution in [0.15, 0.2) is 54.6 Å². The van der Waals surface area contributed by atoms with Crippen molar-refractivity contribution >= 4 is 17.8 Å². The zero-order chi connectivity index (χ0) is 22.4. The van der Waals surface area contributed by atoms with Gasteiger partial charge in [-0.2, -0.15) is 0 Å². The average molecular weight is 425 g/mol. The first kappa shape index (κ1) is 22.3. The highest BCUT2D eigenvalue weighted by molar-refractivity contribution is 6.09. The minimum absolute atomic E-state index is 0.330. The summed E-state index contributed by atoms with van der Waals surface area (Å²) < 4.78 is 10.3. The van der Waals surface area contributed by atoms with Gasteiger partial charge >= 0.3 is 6.03 Å². The summed E-state index contributed by atoms with van der Waals surface area (Å²) in [6, 6.07) is 15.8. The third-order valence-electron chi connectivity index (χ3n) is 5.37. The largest absolute Gasteiger partial charge is 0.497 e. The van der Waals surface area contributed by atoms with Crippen LogP contribution in [-0.4, -0.2) is 61.6 Å². The summed E-state index contributed by atoms with van der Waals surface area (Å²) in [6.07, 6.45) is 0. The molecule has 0 bridgehead atoms. The molecule has 164 valence electrons. The van der Waals surface area contributed by atoms with Crippen molar-refractivity contribution in [3.05, 3.63) is 65.7 Å². The van der Waals surface area contributed by atoms with Gasteiger partial charge in [0, 0.05) is 20.2 Å². The summed E-state index contributed by atoms with van der Waals surface area (Å²) in [7, 11) is 3.11. The SMILES string of the molecule is COCCN(Cc1ccccc1)C(=O)CN1C(=O)N[C@@](C)(c2ccc(OC)cc2)C1=O. The number of benzene rings is 2. The van der Waals surface area contributed by atoms with Crippen LogP contribution in [0.3, 0.4) is 0 Å². The van der Waals surface area contributed by atoms with Crippen LogP contribution in [0.1, 0.15) is 18.1 Å². The Labute approximate surface area is 181 Å². The second-order valence-electron chi connectivity index (χ2n) is 7.47. The lowest BCUT2D eigenvalue weighted by Crippen LogP contribution is -2.45. The first-order valence-electron chi connectivity index (χ1n) is 9.98. The van der Waals surface area contributed by atoms with Crippen molar-refractivity contribution in [2.45, 2.75) is 19.0 Å². The van der Waals surface area contributed by atoms with Crippen LogP contribution in [0.25, 0.3) is 0 Å². The van der Waals surface area contributed by atoms with Gasteiger partial charge in [0.25, 0.3) is 5.91 Å². The first-order valence-corrected chi connectivity index (χ1v) is 9.98. The standard InChI is InChI=1S/C23H27N3O5/c1-23(18-9-11-19(31-3)12-10-18)21(28)26(22(29)24-23)16-20(27)25(13-14-30-2)15-17-7-5-4-6-8-17/h4-12H,13-16H2,1-3H3,(H,24,29)/t23-/m0/s1. The Hall–Kier alpha value is -3.39. The fraction of sp³-hybridized carbons (Fsp3) is 0.348. The van der Waals surface area contributed by atoms with Crippen molar-refractivity contribution in [1.29, 1.82) is 0 Å². The minimum atomic E-state index is -1.25. The maximum atomic E-state index is 13.1. The molecule has 31 heavy (non-hydrogen) atoms. The third-order valence-corrected chi connectivity index (χ3v) is 5.37. The number of urea groups is 1. The Morgan fingerprint density at radius 2 is 1.74 bits per heavy atom. The van der Waals surface area contributed by atoms with Gasteiger partial charge in [0.15, 0.2) is 0 Å². The zero-order valence-corrected chi connectivity index (χ0v) is 18.0. The van der Waals surface area contributed by atoms with E-state index in [-0.39, 0.29) is 12.5 Å². The molecular weight excluding hydrogens is 398 g/mol. The molecule has 0 aromatic heterocycles. The molecule has 0 aliphatic carbocycles. The van der Waals surface area contributed by atoms with Crippen LogP contribution in [0, 0.1) is 0 Å². The smallest absolute Gasteiger partial charge is 0.325 e. The van der Waals surface area contributed by atoms with E-state index in [0.717, 1.165) is 10.5 Å². The van der Waals surface area contributed by atoms with Crippen LogP contribution in [0.2, 0.25) is 0 Å². The number of nitrogens with zero attached hydrogens (tertiary/aromatic N) is 2. The Morgan fingerprint density at radius 3 is 2.35 bits per heavy atom. The van der Waals surface area contributed by atoms with Crippen LogP contribution in [0.5, 0.6) is 5.75 Å². The predicted molar refractivity (Wildman–Crippen MR) is 114 cm³/mol. The second-order valence-corrected chi connectivity index (χ2v) is 7.47. The molecule has 1 fully saturated rings. The molecule has 0 spiro atoms. The van der Waals surface area contributed by atoms with Crippen molar-refractivity contribution in [3.8, 4) is 5.75 Å². The van der Waals surface area contributed by atoms with Gasteiger partial charge in [0.2, 0.25) is 5.91 Å². The molecule has 1 saturated heterocycles. The molecule has 8 nitrogen and oxygen atoms in total. The van der Waals surface area contributed by atoms with E-state index >= 15 is 0 Å². The van der Waals surface area contributed by atoms with Gasteiger partial charge in [-0.1, -0.05) is 42.5 Å². The Bertz CT molecular complexity index is 932. The van der Waals surface area contributed by atoms with E-state index < -0.39 is 17.5 Å². The molecular formula is C23H27N3O5. The van der Waals surface area contributed by atoms with Gasteiger partial charge < -0.3 is 19.7 Å². The van der Waals surface area contributed by atoms with Gasteiger partial charge in [0.05, 0.1) is 13.7 Å². The monoisotopic (exact) mass is 425 g/mol. The summed E-state index contributed by atoms with van der Waals surface area (Å²) in [5.74, 6) is -0.156. The lowest BCUT2D eigenvalue weighted by atomic mass is 9.92. The molecule has 4 amide bonds. The molecule has 2 aromatic carbocycles. The van der Waals surface area contributed by atoms with E-state index in [1.54, 1.807) is 50.3 Å². The lowest BCUT2D eigenvalue weighted by molar-refractivity contribution is -0.139. The van der Waals surface area contributed by atoms with E-state index in [9.17, 15) is 14.4 Å². The molecule has 2 aromatic rings. The number of rotatable bonds is 9. The molecule has 0 radical (unpaired) electrons. The highest BCUT2D eigenvalue weighted by Gasteiger charge is 2.49. The predicted octanol–water partition coefficient (Wildman–Crippen LogP) is 2.14. The van der Waals surface area contributed by atoms with E-state index in [0.29, 0.717) is 31.0 Å². The molecule has 3 rings (SSSR count). The molecule has 8 heteroatoms. The summed E-state index contributed by atoms with van der Waals surface area (Å²) in [5, 5.41) is 2.72. The van der Waals surface area contributed by atoms with E-state index in [1.165, 1.54) is 0 Å².